The summed E-state index contributed by atoms with van der Waals surface area (Å²) in [5.41, 5.74) is 5.32. The third-order valence-electron chi connectivity index (χ3n) is 3.19. The predicted molar refractivity (Wildman–Crippen MR) is 84.8 cm³/mol. The van der Waals surface area contributed by atoms with E-state index >= 15 is 0 Å². The van der Waals surface area contributed by atoms with E-state index in [9.17, 15) is 4.79 Å². The zero-order chi connectivity index (χ0) is 15.7. The van der Waals surface area contributed by atoms with Gasteiger partial charge in [-0.3, -0.25) is 15.5 Å². The molecule has 0 spiro atoms. The van der Waals surface area contributed by atoms with Crippen molar-refractivity contribution in [3.05, 3.63) is 51.0 Å². The van der Waals surface area contributed by atoms with Gasteiger partial charge in [0.15, 0.2) is 0 Å². The lowest BCUT2D eigenvalue weighted by Gasteiger charge is -2.12. The molecule has 1 amide bonds. The second-order valence-electron chi connectivity index (χ2n) is 5.03. The largest absolute Gasteiger partial charge is 0.431 e. The molecule has 1 aliphatic rings. The van der Waals surface area contributed by atoms with Gasteiger partial charge >= 0.3 is 0 Å². The number of aryl methyl sites for hydroxylation is 3. The molecule has 0 fully saturated rings. The van der Waals surface area contributed by atoms with E-state index in [1.165, 1.54) is 11.3 Å². The Hall–Kier alpha value is -2.41. The maximum absolute atomic E-state index is 12.1. The van der Waals surface area contributed by atoms with Gasteiger partial charge in [-0.15, -0.1) is 16.4 Å². The Kier molecular flexibility index (Phi) is 3.81. The Morgan fingerprint density at radius 2 is 2.00 bits per heavy atom. The quantitative estimate of drug-likeness (QED) is 0.909. The molecule has 6 nitrogen and oxygen atoms in total. The van der Waals surface area contributed by atoms with Crippen LogP contribution in [0.25, 0.3) is 0 Å². The third-order valence-corrected chi connectivity index (χ3v) is 4.25. The lowest BCUT2D eigenvalue weighted by atomic mass is 10.1. The molecule has 2 aromatic rings. The summed E-state index contributed by atoms with van der Waals surface area (Å²) < 4.78 is 5.63. The fraction of sp³-hybridized carbons (Fsp3) is 0.267. The molecule has 1 aliphatic heterocycles. The van der Waals surface area contributed by atoms with Crippen LogP contribution < -0.4 is 10.7 Å². The first-order chi connectivity index (χ1) is 10.5. The molecular formula is C15H16N4O2S. The molecule has 7 heteroatoms. The second-order valence-corrected chi connectivity index (χ2v) is 6.23. The summed E-state index contributed by atoms with van der Waals surface area (Å²) in [6.45, 7) is 5.81. The lowest BCUT2D eigenvalue weighted by Crippen LogP contribution is -2.42. The Labute approximate surface area is 132 Å². The fourth-order valence-corrected chi connectivity index (χ4v) is 2.94. The Bertz CT molecular complexity index is 737. The van der Waals surface area contributed by atoms with Crippen molar-refractivity contribution in [3.63, 3.8) is 0 Å². The topological polar surface area (TPSA) is 75.6 Å². The minimum Gasteiger partial charge on any atom is -0.431 e. The lowest BCUT2D eigenvalue weighted by molar-refractivity contribution is 0.0801. The van der Waals surface area contributed by atoms with Crippen molar-refractivity contribution >= 4 is 23.1 Å². The van der Waals surface area contributed by atoms with Crippen molar-refractivity contribution in [2.24, 2.45) is 5.10 Å². The predicted octanol–water partition coefficient (Wildman–Crippen LogP) is 2.06. The first kappa shape index (κ1) is 14.5. The van der Waals surface area contributed by atoms with E-state index in [1.54, 1.807) is 12.1 Å². The standard InChI is InChI=1S/C15H16N4O2S/c1-8-4-6-11(7-5-8)13(20)17-15-19-18-14(21-15)12-9(2)16-10(3)22-12/h4-7,15,19H,1-3H3,(H,17,20)/t15-/m0/s1. The van der Waals surface area contributed by atoms with Crippen LogP contribution in [0.4, 0.5) is 0 Å². The van der Waals surface area contributed by atoms with E-state index in [0.29, 0.717) is 11.5 Å². The van der Waals surface area contributed by atoms with Crippen LogP contribution in [-0.4, -0.2) is 23.1 Å². The minimum absolute atomic E-state index is 0.217. The molecule has 0 saturated heterocycles. The number of nitrogens with zero attached hydrogens (tertiary/aromatic N) is 2. The number of thiazole rings is 1. The highest BCUT2D eigenvalue weighted by atomic mass is 32.1. The van der Waals surface area contributed by atoms with Crippen molar-refractivity contribution in [3.8, 4) is 0 Å². The number of hydrazone groups is 1. The van der Waals surface area contributed by atoms with E-state index < -0.39 is 6.35 Å². The Morgan fingerprint density at radius 3 is 2.64 bits per heavy atom. The SMILES string of the molecule is Cc1ccc(C(=O)N[C@H]2NN=C(c3sc(C)nc3C)O2)cc1. The zero-order valence-electron chi connectivity index (χ0n) is 12.5. The van der Waals surface area contributed by atoms with Crippen LogP contribution >= 0.6 is 11.3 Å². The molecule has 2 heterocycles. The third kappa shape index (κ3) is 2.94. The monoisotopic (exact) mass is 316 g/mol. The molecule has 0 radical (unpaired) electrons. The maximum atomic E-state index is 12.1. The van der Waals surface area contributed by atoms with Crippen molar-refractivity contribution < 1.29 is 9.53 Å². The van der Waals surface area contributed by atoms with Crippen LogP contribution in [0, 0.1) is 20.8 Å². The zero-order valence-corrected chi connectivity index (χ0v) is 13.3. The number of amides is 1. The molecule has 22 heavy (non-hydrogen) atoms. The summed E-state index contributed by atoms with van der Waals surface area (Å²) in [5.74, 6) is 0.239. The maximum Gasteiger partial charge on any atom is 0.267 e. The minimum atomic E-state index is -0.675. The average Bonchev–Trinajstić information content (AvgIpc) is 3.06. The van der Waals surface area contributed by atoms with Gasteiger partial charge in [0.05, 0.1) is 10.7 Å². The van der Waals surface area contributed by atoms with Crippen LogP contribution in [0.3, 0.4) is 0 Å². The average molecular weight is 316 g/mol. The van der Waals surface area contributed by atoms with Gasteiger partial charge < -0.3 is 4.74 Å². The number of carbonyl (C=O) groups is 1. The summed E-state index contributed by atoms with van der Waals surface area (Å²) in [7, 11) is 0. The highest BCUT2D eigenvalue weighted by Crippen LogP contribution is 2.20. The van der Waals surface area contributed by atoms with Gasteiger partial charge in [-0.05, 0) is 32.9 Å². The summed E-state index contributed by atoms with van der Waals surface area (Å²) in [5, 5.41) is 7.81. The number of hydrogen-bond acceptors (Lipinski definition) is 6. The van der Waals surface area contributed by atoms with E-state index in [1.807, 2.05) is 32.9 Å². The van der Waals surface area contributed by atoms with E-state index in [0.717, 1.165) is 21.1 Å². The normalized spacial score (nSPS) is 16.7. The molecule has 114 valence electrons. The Morgan fingerprint density at radius 1 is 1.27 bits per heavy atom. The second kappa shape index (κ2) is 5.76. The number of carbonyl (C=O) groups excluding carboxylic acids is 1. The van der Waals surface area contributed by atoms with E-state index in [-0.39, 0.29) is 5.91 Å². The number of hydrogen-bond donors (Lipinski definition) is 2. The molecule has 2 N–H and O–H groups in total. The van der Waals surface area contributed by atoms with Crippen LogP contribution in [0.1, 0.15) is 31.5 Å². The highest BCUT2D eigenvalue weighted by molar-refractivity contribution is 7.13. The molecular weight excluding hydrogens is 300 g/mol. The highest BCUT2D eigenvalue weighted by Gasteiger charge is 2.25. The first-order valence-electron chi connectivity index (χ1n) is 6.85. The van der Waals surface area contributed by atoms with Crippen molar-refractivity contribution in [2.75, 3.05) is 0 Å². The summed E-state index contributed by atoms with van der Waals surface area (Å²) in [6, 6.07) is 7.34. The van der Waals surface area contributed by atoms with Gasteiger partial charge in [-0.2, -0.15) is 0 Å². The van der Waals surface area contributed by atoms with Gasteiger partial charge in [0.1, 0.15) is 4.88 Å². The summed E-state index contributed by atoms with van der Waals surface area (Å²) >= 11 is 1.51. The van der Waals surface area contributed by atoms with Crippen molar-refractivity contribution in [2.45, 2.75) is 27.1 Å². The molecule has 0 saturated carbocycles. The van der Waals surface area contributed by atoms with Crippen LogP contribution in [0.15, 0.2) is 29.4 Å². The molecule has 1 aromatic heterocycles. The van der Waals surface area contributed by atoms with Gasteiger partial charge in [0, 0.05) is 5.56 Å². The number of ether oxygens (including phenoxy) is 1. The Balaban J connectivity index is 1.64. The van der Waals surface area contributed by atoms with Gasteiger partial charge in [0.25, 0.3) is 18.2 Å². The molecule has 0 bridgehead atoms. The summed E-state index contributed by atoms with van der Waals surface area (Å²) in [4.78, 5) is 17.3. The number of rotatable bonds is 3. The van der Waals surface area contributed by atoms with Gasteiger partial charge in [-0.25, -0.2) is 4.98 Å². The van der Waals surface area contributed by atoms with Crippen molar-refractivity contribution in [1.29, 1.82) is 0 Å². The van der Waals surface area contributed by atoms with E-state index in [2.05, 4.69) is 20.8 Å². The number of aromatic nitrogens is 1. The molecule has 0 unspecified atom stereocenters. The summed E-state index contributed by atoms with van der Waals surface area (Å²) in [6.07, 6.45) is -0.675. The number of nitrogens with one attached hydrogen (secondary N) is 2. The molecule has 1 aromatic carbocycles. The van der Waals surface area contributed by atoms with Gasteiger partial charge in [0.2, 0.25) is 0 Å². The van der Waals surface area contributed by atoms with Crippen LogP contribution in [-0.2, 0) is 4.74 Å². The molecule has 1 atom stereocenters. The smallest absolute Gasteiger partial charge is 0.267 e. The van der Waals surface area contributed by atoms with E-state index in [4.69, 9.17) is 4.74 Å². The van der Waals surface area contributed by atoms with Gasteiger partial charge in [-0.1, -0.05) is 17.7 Å². The van der Waals surface area contributed by atoms with Crippen LogP contribution in [0.5, 0.6) is 0 Å². The first-order valence-corrected chi connectivity index (χ1v) is 7.66. The molecule has 3 rings (SSSR count). The molecule has 0 aliphatic carbocycles. The number of benzene rings is 1. The van der Waals surface area contributed by atoms with Crippen LogP contribution in [0.2, 0.25) is 0 Å². The fourth-order valence-electron chi connectivity index (χ4n) is 2.08. The van der Waals surface area contributed by atoms with Crippen molar-refractivity contribution in [1.82, 2.24) is 15.7 Å².